The number of hydrogen-bond donors (Lipinski definition) is 0. The fraction of sp³-hybridized carbons (Fsp3) is 1.00. The molecule has 0 aliphatic carbocycles. The van der Waals surface area contributed by atoms with Crippen LogP contribution in [-0.2, 0) is 4.43 Å². The molecule has 0 saturated carbocycles. The minimum absolute atomic E-state index is 0. The van der Waals surface area contributed by atoms with Gasteiger partial charge in [0.15, 0.2) is 0 Å². The normalized spacial score (nSPS) is 7.90. The van der Waals surface area contributed by atoms with Gasteiger partial charge in [0.25, 0.3) is 0 Å². The van der Waals surface area contributed by atoms with Crippen LogP contribution in [0, 0.1) is 0 Å². The predicted octanol–water partition coefficient (Wildman–Crippen LogP) is -57.9. The average Bonchev–Trinajstić information content (AvgIpc) is 2.01. The molecule has 0 unspecified atom stereocenters. The number of hydrogen-bond acceptors (Lipinski definition) is 15. The van der Waals surface area contributed by atoms with Crippen LogP contribution < -0.4 is 331 Å². The monoisotopic (exact) mass is 602 g/mol. The van der Waals surface area contributed by atoms with Crippen LogP contribution in [0.1, 0.15) is 6.92 Å². The Labute approximate surface area is 408 Å². The standard InChI is InChI=1S/C2H5FO3Si.4FO3Si.14Li/c1-2-6-7(3,4)5;4*1-5(2,3)4;;;;;;;;;;;;;;/h2H2,1H3;;;;;;;;;;;;;;;;;;/q-2;4*-3;14*+1. The van der Waals surface area contributed by atoms with Gasteiger partial charge in [0.1, 0.15) is 0 Å². The zero-order chi connectivity index (χ0) is 23.9. The van der Waals surface area contributed by atoms with Gasteiger partial charge in [0, 0.05) is 6.61 Å². The third-order valence-corrected chi connectivity index (χ3v) is 0.950. The maximum Gasteiger partial charge on any atom is 1.00 e. The van der Waals surface area contributed by atoms with Gasteiger partial charge in [-0.25, -0.2) is 0 Å². The van der Waals surface area contributed by atoms with E-state index in [2.05, 4.69) is 4.43 Å². The molecule has 39 heteroatoms. The second-order valence-corrected chi connectivity index (χ2v) is 7.94. The fourth-order valence-corrected chi connectivity index (χ4v) is 0.517. The van der Waals surface area contributed by atoms with Crippen molar-refractivity contribution in [1.29, 1.82) is 0 Å². The van der Waals surface area contributed by atoms with E-state index in [9.17, 15) is 30.1 Å². The zero-order valence-corrected chi connectivity index (χ0v) is 31.2. The van der Waals surface area contributed by atoms with Crippen molar-refractivity contribution in [3.8, 4) is 0 Å². The van der Waals surface area contributed by atoms with Gasteiger partial charge < -0.3 is 92.1 Å². The molecule has 0 N–H and O–H groups in total. The molecular weight excluding hydrogens is 597 g/mol. The van der Waals surface area contributed by atoms with Gasteiger partial charge in [-0.15, -0.1) is 0 Å². The van der Waals surface area contributed by atoms with E-state index >= 15 is 0 Å². The topological polar surface area (TPSA) is 332 Å². The first-order chi connectivity index (χ1) is 11.1. The fourth-order valence-electron chi connectivity index (χ4n) is 0.172. The summed E-state index contributed by atoms with van der Waals surface area (Å²) in [5.41, 5.74) is 0. The van der Waals surface area contributed by atoms with Gasteiger partial charge in [0.2, 0.25) is 9.14 Å². The molecule has 41 heavy (non-hydrogen) atoms. The summed E-state index contributed by atoms with van der Waals surface area (Å²) in [5, 5.41) is 0. The molecule has 0 amide bonds. The third-order valence-electron chi connectivity index (χ3n) is 0.317. The van der Waals surface area contributed by atoms with Crippen molar-refractivity contribution < 1.29 is 356 Å². The van der Waals surface area contributed by atoms with Crippen molar-refractivity contribution >= 4 is 45.7 Å². The molecule has 0 heterocycles. The summed E-state index contributed by atoms with van der Waals surface area (Å²) in [4.78, 5) is 120. The molecule has 0 aliphatic rings. The number of halogens is 5. The Hall–Kier alpha value is 8.50. The minimum atomic E-state index is -5.86. The zero-order valence-electron chi connectivity index (χ0n) is 26.2. The van der Waals surface area contributed by atoms with E-state index < -0.39 is 45.7 Å². The molecule has 0 fully saturated rings. The smallest absolute Gasteiger partial charge is 0.857 e. The Morgan fingerprint density at radius 1 is 0.341 bits per heavy atom. The molecule has 0 aliphatic heterocycles. The van der Waals surface area contributed by atoms with E-state index in [1.807, 2.05) is 0 Å². The Kier molecular flexibility index (Phi) is 204. The summed E-state index contributed by atoms with van der Waals surface area (Å²) in [6.45, 7) is 1.27. The SMILES string of the molecule is CCO[Si]([O-])([O-])F.[Li+].[Li+].[Li+].[Li+].[Li+].[Li+].[Li+].[Li+].[Li+].[Li+].[Li+].[Li+].[Li+].[Li+].[O-][Si]([O-])([O-])F.[O-][Si]([O-])([O-])F.[O-][Si]([O-])([O-])F.[O-][Si]([O-])([O-])F. The summed E-state index contributed by atoms with van der Waals surface area (Å²) in [6.07, 6.45) is 0. The average molecular weight is 602 g/mol. The van der Waals surface area contributed by atoms with Crippen molar-refractivity contribution in [3.05, 3.63) is 0 Å². The maximum atomic E-state index is 11.2. The Morgan fingerprint density at radius 2 is 0.415 bits per heavy atom. The van der Waals surface area contributed by atoms with Crippen LogP contribution in [0.25, 0.3) is 0 Å². The van der Waals surface area contributed by atoms with Gasteiger partial charge in [0.05, 0.1) is 0 Å². The van der Waals surface area contributed by atoms with Crippen LogP contribution in [0.15, 0.2) is 0 Å². The number of rotatable bonds is 2. The van der Waals surface area contributed by atoms with Crippen LogP contribution in [-0.4, -0.2) is 52.3 Å². The van der Waals surface area contributed by atoms with Gasteiger partial charge in [-0.2, -0.15) is 0 Å². The largest absolute Gasteiger partial charge is 1.00 e. The second-order valence-electron chi connectivity index (χ2n) is 2.84. The molecule has 0 radical (unpaired) electrons. The van der Waals surface area contributed by atoms with E-state index in [0.717, 1.165) is 0 Å². The van der Waals surface area contributed by atoms with Crippen molar-refractivity contribution in [3.63, 3.8) is 0 Å². The predicted molar refractivity (Wildman–Crippen MR) is 45.9 cm³/mol. The third kappa shape index (κ3) is 671. The van der Waals surface area contributed by atoms with E-state index in [4.69, 9.17) is 57.5 Å². The summed E-state index contributed by atoms with van der Waals surface area (Å²) in [7, 11) is -28.6. The van der Waals surface area contributed by atoms with Crippen LogP contribution in [0.4, 0.5) is 20.5 Å². The van der Waals surface area contributed by atoms with E-state index in [1.165, 1.54) is 6.92 Å². The summed E-state index contributed by atoms with van der Waals surface area (Å²) in [5.74, 6) is 0. The molecule has 0 spiro atoms. The van der Waals surface area contributed by atoms with Gasteiger partial charge in [-0.1, -0.05) is 36.6 Å². The van der Waals surface area contributed by atoms with Crippen molar-refractivity contribution in [2.24, 2.45) is 0 Å². The van der Waals surface area contributed by atoms with E-state index in [0.29, 0.717) is 0 Å². The summed E-state index contributed by atoms with van der Waals surface area (Å²) < 4.78 is 55.4. The molecule has 15 nitrogen and oxygen atoms in total. The van der Waals surface area contributed by atoms with Crippen molar-refractivity contribution in [2.75, 3.05) is 6.61 Å². The Bertz CT molecular complexity index is 283. The van der Waals surface area contributed by atoms with E-state index in [1.54, 1.807) is 0 Å². The minimum Gasteiger partial charge on any atom is -0.857 e. The molecule has 0 aromatic heterocycles. The molecule has 0 saturated heterocycles. The van der Waals surface area contributed by atoms with Crippen molar-refractivity contribution in [1.82, 2.24) is 0 Å². The second kappa shape index (κ2) is 66.7. The Balaban J connectivity index is -0.00000000804. The molecule has 0 aromatic carbocycles. The molecule has 0 bridgehead atoms. The Morgan fingerprint density at radius 3 is 0.415 bits per heavy atom. The van der Waals surface area contributed by atoms with E-state index in [-0.39, 0.29) is 271 Å². The molecule has 0 aromatic rings. The molecule has 0 atom stereocenters. The first-order valence-electron chi connectivity index (χ1n) is 5.00. The van der Waals surface area contributed by atoms with Crippen LogP contribution >= 0.6 is 0 Å². The first kappa shape index (κ1) is 125. The van der Waals surface area contributed by atoms with Gasteiger partial charge in [-0.05, 0) is 6.92 Å². The molecule has 0 rings (SSSR count). The quantitative estimate of drug-likeness (QED) is 0.161. The summed E-state index contributed by atoms with van der Waals surface area (Å²) in [6, 6.07) is 0. The maximum absolute atomic E-state index is 11.2. The van der Waals surface area contributed by atoms with Crippen LogP contribution in [0.5, 0.6) is 0 Å². The van der Waals surface area contributed by atoms with Crippen LogP contribution in [0.3, 0.4) is 0 Å². The summed E-state index contributed by atoms with van der Waals surface area (Å²) >= 11 is 0. The van der Waals surface area contributed by atoms with Crippen LogP contribution in [0.2, 0.25) is 0 Å². The first-order valence-corrected chi connectivity index (χ1v) is 13.0. The van der Waals surface area contributed by atoms with Gasteiger partial charge in [-0.3, -0.25) is 0 Å². The molecular formula is C2H5F5Li14O15Si5. The van der Waals surface area contributed by atoms with Gasteiger partial charge >= 0.3 is 264 Å². The van der Waals surface area contributed by atoms with Crippen molar-refractivity contribution in [2.45, 2.75) is 6.92 Å². The molecule has 172 valence electrons.